The number of hydrogen-bond acceptors (Lipinski definition) is 3. The van der Waals surface area contributed by atoms with Gasteiger partial charge in [0.15, 0.2) is 0 Å². The van der Waals surface area contributed by atoms with Crippen LogP contribution in [-0.2, 0) is 9.53 Å². The molecule has 0 aromatic heterocycles. The quantitative estimate of drug-likeness (QED) is 0.784. The van der Waals surface area contributed by atoms with Gasteiger partial charge < -0.3 is 9.64 Å². The second-order valence-corrected chi connectivity index (χ2v) is 4.57. The average molecular weight is 267 g/mol. The molecule has 4 nitrogen and oxygen atoms in total. The van der Waals surface area contributed by atoms with Crippen molar-refractivity contribution in [3.63, 3.8) is 0 Å². The van der Waals surface area contributed by atoms with Crippen molar-refractivity contribution in [1.29, 1.82) is 0 Å². The molecule has 0 aliphatic rings. The molecule has 0 fully saturated rings. The molecular weight excluding hydrogens is 249 g/mol. The van der Waals surface area contributed by atoms with E-state index in [1.807, 2.05) is 0 Å². The Bertz CT molecular complexity index is 488. The number of hydrogen-bond donors (Lipinski definition) is 0. The molecule has 0 aliphatic heterocycles. The lowest BCUT2D eigenvalue weighted by molar-refractivity contribution is -0.145. The van der Waals surface area contributed by atoms with E-state index in [2.05, 4.69) is 4.74 Å². The standard InChI is InChI=1S/C14H18FNO3/c1-9-5-6-11(7-12(9)15)13(17)16(3)8-10(2)14(18)19-4/h5-7,10H,8H2,1-4H3. The van der Waals surface area contributed by atoms with Gasteiger partial charge in [0.25, 0.3) is 5.91 Å². The van der Waals surface area contributed by atoms with Crippen molar-refractivity contribution in [1.82, 2.24) is 4.90 Å². The summed E-state index contributed by atoms with van der Waals surface area (Å²) in [6.07, 6.45) is 0. The molecule has 0 spiro atoms. The number of halogens is 1. The summed E-state index contributed by atoms with van der Waals surface area (Å²) in [6.45, 7) is 3.53. The minimum absolute atomic E-state index is 0.223. The van der Waals surface area contributed by atoms with Gasteiger partial charge in [0.05, 0.1) is 13.0 Å². The van der Waals surface area contributed by atoms with Gasteiger partial charge in [-0.2, -0.15) is 0 Å². The zero-order valence-electron chi connectivity index (χ0n) is 11.6. The molecule has 0 heterocycles. The third-order valence-electron chi connectivity index (χ3n) is 2.92. The van der Waals surface area contributed by atoms with Gasteiger partial charge in [-0.15, -0.1) is 0 Å². The number of nitrogens with zero attached hydrogens (tertiary/aromatic N) is 1. The van der Waals surface area contributed by atoms with Gasteiger partial charge in [0.1, 0.15) is 5.82 Å². The summed E-state index contributed by atoms with van der Waals surface area (Å²) in [5, 5.41) is 0. The third kappa shape index (κ3) is 3.77. The van der Waals surface area contributed by atoms with Gasteiger partial charge >= 0.3 is 5.97 Å². The molecule has 0 saturated carbocycles. The maximum Gasteiger partial charge on any atom is 0.310 e. The third-order valence-corrected chi connectivity index (χ3v) is 2.92. The predicted molar refractivity (Wildman–Crippen MR) is 69.3 cm³/mol. The van der Waals surface area contributed by atoms with E-state index in [0.29, 0.717) is 5.56 Å². The Morgan fingerprint density at radius 3 is 2.58 bits per heavy atom. The number of benzene rings is 1. The van der Waals surface area contributed by atoms with Gasteiger partial charge in [0.2, 0.25) is 0 Å². The normalized spacial score (nSPS) is 11.8. The number of methoxy groups -OCH3 is 1. The number of rotatable bonds is 4. The number of carbonyl (C=O) groups excluding carboxylic acids is 2. The molecule has 1 unspecified atom stereocenters. The fraction of sp³-hybridized carbons (Fsp3) is 0.429. The highest BCUT2D eigenvalue weighted by atomic mass is 19.1. The maximum atomic E-state index is 13.4. The molecule has 1 rings (SSSR count). The van der Waals surface area contributed by atoms with Gasteiger partial charge in [0, 0.05) is 19.2 Å². The van der Waals surface area contributed by atoms with E-state index in [1.54, 1.807) is 33.0 Å². The number of amides is 1. The molecule has 1 amide bonds. The smallest absolute Gasteiger partial charge is 0.310 e. The van der Waals surface area contributed by atoms with Crippen LogP contribution in [-0.4, -0.2) is 37.5 Å². The Morgan fingerprint density at radius 1 is 1.42 bits per heavy atom. The van der Waals surface area contributed by atoms with Crippen LogP contribution >= 0.6 is 0 Å². The number of carbonyl (C=O) groups is 2. The number of ether oxygens (including phenoxy) is 1. The molecule has 1 atom stereocenters. The molecule has 5 heteroatoms. The summed E-state index contributed by atoms with van der Waals surface area (Å²) in [7, 11) is 2.87. The van der Waals surface area contributed by atoms with Crippen molar-refractivity contribution in [3.05, 3.63) is 35.1 Å². The lowest BCUT2D eigenvalue weighted by atomic mass is 10.1. The number of aryl methyl sites for hydroxylation is 1. The van der Waals surface area contributed by atoms with Gasteiger partial charge in [-0.1, -0.05) is 13.0 Å². The van der Waals surface area contributed by atoms with Crippen LogP contribution in [0.5, 0.6) is 0 Å². The molecule has 0 bridgehead atoms. The summed E-state index contributed by atoms with van der Waals surface area (Å²) >= 11 is 0. The van der Waals surface area contributed by atoms with Crippen LogP contribution in [0.2, 0.25) is 0 Å². The van der Waals surface area contributed by atoms with E-state index < -0.39 is 11.7 Å². The second-order valence-electron chi connectivity index (χ2n) is 4.57. The lowest BCUT2D eigenvalue weighted by Gasteiger charge is -2.20. The van der Waals surface area contributed by atoms with E-state index in [9.17, 15) is 14.0 Å². The lowest BCUT2D eigenvalue weighted by Crippen LogP contribution is -2.34. The van der Waals surface area contributed by atoms with Crippen molar-refractivity contribution in [3.8, 4) is 0 Å². The highest BCUT2D eigenvalue weighted by molar-refractivity contribution is 5.94. The van der Waals surface area contributed by atoms with Crippen molar-refractivity contribution < 1.29 is 18.7 Å². The summed E-state index contributed by atoms with van der Waals surface area (Å²) in [5.74, 6) is -1.54. The molecule has 0 aliphatic carbocycles. The van der Waals surface area contributed by atoms with Crippen molar-refractivity contribution in [2.45, 2.75) is 13.8 Å². The van der Waals surface area contributed by atoms with Crippen LogP contribution < -0.4 is 0 Å². The first-order valence-electron chi connectivity index (χ1n) is 5.96. The summed E-state index contributed by atoms with van der Waals surface area (Å²) in [6, 6.07) is 4.33. The zero-order valence-corrected chi connectivity index (χ0v) is 11.6. The minimum Gasteiger partial charge on any atom is -0.469 e. The zero-order chi connectivity index (χ0) is 14.6. The highest BCUT2D eigenvalue weighted by Gasteiger charge is 2.20. The maximum absolute atomic E-state index is 13.4. The predicted octanol–water partition coefficient (Wildman–Crippen LogP) is 2.02. The van der Waals surface area contributed by atoms with Crippen LogP contribution in [0.25, 0.3) is 0 Å². The van der Waals surface area contributed by atoms with Crippen LogP contribution in [0.1, 0.15) is 22.8 Å². The molecule has 0 saturated heterocycles. The van der Waals surface area contributed by atoms with Crippen LogP contribution in [0.15, 0.2) is 18.2 Å². The van der Waals surface area contributed by atoms with Gasteiger partial charge in [-0.3, -0.25) is 9.59 Å². The van der Waals surface area contributed by atoms with Crippen LogP contribution in [0.3, 0.4) is 0 Å². The average Bonchev–Trinajstić information content (AvgIpc) is 2.39. The Hall–Kier alpha value is -1.91. The number of esters is 1. The van der Waals surface area contributed by atoms with Crippen LogP contribution in [0, 0.1) is 18.7 Å². The Kier molecular flexibility index (Phi) is 5.03. The molecule has 1 aromatic rings. The molecule has 0 radical (unpaired) electrons. The first-order valence-corrected chi connectivity index (χ1v) is 5.96. The molecule has 19 heavy (non-hydrogen) atoms. The second kappa shape index (κ2) is 6.31. The highest BCUT2D eigenvalue weighted by Crippen LogP contribution is 2.12. The van der Waals surface area contributed by atoms with Gasteiger partial charge in [-0.25, -0.2) is 4.39 Å². The SMILES string of the molecule is COC(=O)C(C)CN(C)C(=O)c1ccc(C)c(F)c1. The Balaban J connectivity index is 2.76. The Morgan fingerprint density at radius 2 is 2.05 bits per heavy atom. The van der Waals surface area contributed by atoms with E-state index in [-0.39, 0.29) is 24.0 Å². The molecule has 0 N–H and O–H groups in total. The van der Waals surface area contributed by atoms with E-state index in [0.717, 1.165) is 0 Å². The van der Waals surface area contributed by atoms with Crippen molar-refractivity contribution in [2.75, 3.05) is 20.7 Å². The summed E-state index contributed by atoms with van der Waals surface area (Å²) < 4.78 is 18.0. The molecule has 1 aromatic carbocycles. The summed E-state index contributed by atoms with van der Waals surface area (Å²) in [4.78, 5) is 24.7. The molecule has 104 valence electrons. The van der Waals surface area contributed by atoms with Crippen molar-refractivity contribution in [2.24, 2.45) is 5.92 Å². The van der Waals surface area contributed by atoms with E-state index in [1.165, 1.54) is 18.1 Å². The first-order chi connectivity index (χ1) is 8.86. The monoisotopic (exact) mass is 267 g/mol. The fourth-order valence-corrected chi connectivity index (χ4v) is 1.72. The largest absolute Gasteiger partial charge is 0.469 e. The first kappa shape index (κ1) is 15.1. The van der Waals surface area contributed by atoms with E-state index in [4.69, 9.17) is 0 Å². The van der Waals surface area contributed by atoms with E-state index >= 15 is 0 Å². The minimum atomic E-state index is -0.422. The van der Waals surface area contributed by atoms with Crippen molar-refractivity contribution >= 4 is 11.9 Å². The molecular formula is C14H18FNO3. The van der Waals surface area contributed by atoms with Crippen LogP contribution in [0.4, 0.5) is 4.39 Å². The van der Waals surface area contributed by atoms with Gasteiger partial charge in [-0.05, 0) is 24.6 Å². The topological polar surface area (TPSA) is 46.6 Å². The Labute approximate surface area is 112 Å². The summed E-state index contributed by atoms with van der Waals surface area (Å²) in [5.41, 5.74) is 0.754. The fourth-order valence-electron chi connectivity index (χ4n) is 1.72.